The molecule has 20 heavy (non-hydrogen) atoms. The lowest BCUT2D eigenvalue weighted by atomic mass is 9.99. The van der Waals surface area contributed by atoms with Crippen LogP contribution in [-0.2, 0) is 0 Å². The van der Waals surface area contributed by atoms with E-state index in [4.69, 9.17) is 10.8 Å². The molecular formula is C15H21N3O2. The Morgan fingerprint density at radius 1 is 1.25 bits per heavy atom. The molecule has 0 bridgehead atoms. The number of fused-ring (bicyclic) bond motifs is 1. The maximum absolute atomic E-state index is 11.1. The van der Waals surface area contributed by atoms with Gasteiger partial charge < -0.3 is 15.7 Å². The van der Waals surface area contributed by atoms with E-state index in [1.165, 1.54) is 25.8 Å². The van der Waals surface area contributed by atoms with Crippen LogP contribution in [-0.4, -0.2) is 48.2 Å². The molecule has 1 aromatic rings. The number of carbonyl (C=O) groups is 1. The fourth-order valence-corrected chi connectivity index (χ4v) is 3.33. The standard InChI is InChI=1S/C15H21N3O2/c16-13-5-4-11(15(19)20)9-14(13)18-8-7-17-6-2-1-3-12(17)10-18/h4-5,9,12H,1-3,6-8,10,16H2,(H,19,20). The second kappa shape index (κ2) is 5.32. The third-order valence-corrected chi connectivity index (χ3v) is 4.46. The van der Waals surface area contributed by atoms with Gasteiger partial charge in [0.15, 0.2) is 0 Å². The largest absolute Gasteiger partial charge is 0.478 e. The Morgan fingerprint density at radius 2 is 2.10 bits per heavy atom. The number of nitrogen functional groups attached to an aromatic ring is 1. The number of anilines is 2. The topological polar surface area (TPSA) is 69.8 Å². The van der Waals surface area contributed by atoms with E-state index >= 15 is 0 Å². The summed E-state index contributed by atoms with van der Waals surface area (Å²) in [6, 6.07) is 5.56. The second-order valence-electron chi connectivity index (χ2n) is 5.71. The highest BCUT2D eigenvalue weighted by Gasteiger charge is 2.29. The van der Waals surface area contributed by atoms with Crippen molar-refractivity contribution in [1.82, 2.24) is 4.90 Å². The number of hydrogen-bond acceptors (Lipinski definition) is 4. The van der Waals surface area contributed by atoms with Crippen LogP contribution in [0, 0.1) is 0 Å². The summed E-state index contributed by atoms with van der Waals surface area (Å²) in [5.41, 5.74) is 7.88. The van der Waals surface area contributed by atoms with Crippen LogP contribution in [0.25, 0.3) is 0 Å². The summed E-state index contributed by atoms with van der Waals surface area (Å²) in [5.74, 6) is -0.900. The fraction of sp³-hybridized carbons (Fsp3) is 0.533. The average Bonchev–Trinajstić information content (AvgIpc) is 2.47. The Kier molecular flexibility index (Phi) is 3.53. The highest BCUT2D eigenvalue weighted by atomic mass is 16.4. The first kappa shape index (κ1) is 13.2. The molecule has 108 valence electrons. The van der Waals surface area contributed by atoms with Crippen LogP contribution in [0.3, 0.4) is 0 Å². The summed E-state index contributed by atoms with van der Waals surface area (Å²) in [7, 11) is 0. The Bertz CT molecular complexity index is 518. The number of nitrogens with zero attached hydrogens (tertiary/aromatic N) is 2. The first-order valence-corrected chi connectivity index (χ1v) is 7.27. The number of aromatic carboxylic acids is 1. The smallest absolute Gasteiger partial charge is 0.335 e. The lowest BCUT2D eigenvalue weighted by Crippen LogP contribution is -2.55. The maximum Gasteiger partial charge on any atom is 0.335 e. The number of nitrogens with two attached hydrogens (primary N) is 1. The van der Waals surface area contributed by atoms with Crippen LogP contribution in [0.15, 0.2) is 18.2 Å². The Hall–Kier alpha value is -1.75. The summed E-state index contributed by atoms with van der Waals surface area (Å²) < 4.78 is 0. The fourth-order valence-electron chi connectivity index (χ4n) is 3.33. The van der Waals surface area contributed by atoms with E-state index in [9.17, 15) is 4.79 Å². The molecule has 2 aliphatic rings. The first-order valence-electron chi connectivity index (χ1n) is 7.27. The van der Waals surface area contributed by atoms with Crippen molar-refractivity contribution in [2.24, 2.45) is 0 Å². The zero-order valence-electron chi connectivity index (χ0n) is 11.6. The average molecular weight is 275 g/mol. The maximum atomic E-state index is 11.1. The number of benzene rings is 1. The Balaban J connectivity index is 1.82. The molecule has 0 spiro atoms. The van der Waals surface area contributed by atoms with Crippen molar-refractivity contribution in [2.45, 2.75) is 25.3 Å². The van der Waals surface area contributed by atoms with E-state index < -0.39 is 5.97 Å². The van der Waals surface area contributed by atoms with Gasteiger partial charge in [-0.3, -0.25) is 4.90 Å². The minimum absolute atomic E-state index is 0.306. The normalized spacial score (nSPS) is 23.4. The Labute approximate surface area is 119 Å². The van der Waals surface area contributed by atoms with E-state index in [0.29, 0.717) is 17.3 Å². The zero-order chi connectivity index (χ0) is 14.1. The Morgan fingerprint density at radius 3 is 2.90 bits per heavy atom. The van der Waals surface area contributed by atoms with Crippen LogP contribution < -0.4 is 10.6 Å². The van der Waals surface area contributed by atoms with Gasteiger partial charge in [0, 0.05) is 25.7 Å². The number of piperidine rings is 1. The van der Waals surface area contributed by atoms with Gasteiger partial charge >= 0.3 is 5.97 Å². The van der Waals surface area contributed by atoms with Crippen molar-refractivity contribution in [1.29, 1.82) is 0 Å². The molecule has 3 rings (SSSR count). The molecule has 1 atom stereocenters. The number of hydrogen-bond donors (Lipinski definition) is 2. The molecule has 0 saturated carbocycles. The van der Waals surface area contributed by atoms with E-state index in [1.807, 2.05) is 0 Å². The van der Waals surface area contributed by atoms with Gasteiger partial charge in [0.1, 0.15) is 0 Å². The highest BCUT2D eigenvalue weighted by molar-refractivity contribution is 5.90. The van der Waals surface area contributed by atoms with E-state index in [2.05, 4.69) is 9.80 Å². The summed E-state index contributed by atoms with van der Waals surface area (Å²) >= 11 is 0. The van der Waals surface area contributed by atoms with E-state index in [0.717, 1.165) is 25.3 Å². The summed E-state index contributed by atoms with van der Waals surface area (Å²) in [6.07, 6.45) is 3.82. The SMILES string of the molecule is Nc1ccc(C(=O)O)cc1N1CCN2CCCCC2C1. The van der Waals surface area contributed by atoms with Gasteiger partial charge in [0.25, 0.3) is 0 Å². The quantitative estimate of drug-likeness (QED) is 0.803. The van der Waals surface area contributed by atoms with Gasteiger partial charge in [-0.1, -0.05) is 6.42 Å². The van der Waals surface area contributed by atoms with Crippen LogP contribution in [0.2, 0.25) is 0 Å². The molecule has 5 nitrogen and oxygen atoms in total. The zero-order valence-corrected chi connectivity index (χ0v) is 11.6. The van der Waals surface area contributed by atoms with Gasteiger partial charge in [0.05, 0.1) is 16.9 Å². The molecule has 1 unspecified atom stereocenters. The van der Waals surface area contributed by atoms with E-state index in [-0.39, 0.29) is 0 Å². The minimum atomic E-state index is -0.900. The highest BCUT2D eigenvalue weighted by Crippen LogP contribution is 2.29. The lowest BCUT2D eigenvalue weighted by Gasteiger charge is -2.45. The molecule has 2 fully saturated rings. The van der Waals surface area contributed by atoms with Gasteiger partial charge in [0.2, 0.25) is 0 Å². The molecule has 2 heterocycles. The molecule has 5 heteroatoms. The minimum Gasteiger partial charge on any atom is -0.478 e. The first-order chi connectivity index (χ1) is 9.65. The van der Waals surface area contributed by atoms with Crippen molar-refractivity contribution in [3.63, 3.8) is 0 Å². The third-order valence-electron chi connectivity index (χ3n) is 4.46. The molecule has 1 aromatic carbocycles. The van der Waals surface area contributed by atoms with Crippen molar-refractivity contribution in [3.8, 4) is 0 Å². The molecular weight excluding hydrogens is 254 g/mol. The molecule has 0 aliphatic carbocycles. The van der Waals surface area contributed by atoms with Crippen molar-refractivity contribution < 1.29 is 9.90 Å². The summed E-state index contributed by atoms with van der Waals surface area (Å²) in [5, 5.41) is 9.12. The van der Waals surface area contributed by atoms with Crippen LogP contribution in [0.5, 0.6) is 0 Å². The monoisotopic (exact) mass is 275 g/mol. The van der Waals surface area contributed by atoms with Gasteiger partial charge in [-0.15, -0.1) is 0 Å². The molecule has 0 aromatic heterocycles. The second-order valence-corrected chi connectivity index (χ2v) is 5.71. The molecule has 0 radical (unpaired) electrons. The van der Waals surface area contributed by atoms with Gasteiger partial charge in [-0.25, -0.2) is 4.79 Å². The van der Waals surface area contributed by atoms with E-state index in [1.54, 1.807) is 18.2 Å². The summed E-state index contributed by atoms with van der Waals surface area (Å²) in [6.45, 7) is 4.11. The van der Waals surface area contributed by atoms with Gasteiger partial charge in [-0.2, -0.15) is 0 Å². The summed E-state index contributed by atoms with van der Waals surface area (Å²) in [4.78, 5) is 15.9. The van der Waals surface area contributed by atoms with Crippen molar-refractivity contribution in [3.05, 3.63) is 23.8 Å². The third kappa shape index (κ3) is 2.45. The number of carboxylic acid groups (broad SMARTS) is 1. The predicted molar refractivity (Wildman–Crippen MR) is 79.2 cm³/mol. The van der Waals surface area contributed by atoms with Crippen LogP contribution in [0.4, 0.5) is 11.4 Å². The van der Waals surface area contributed by atoms with Crippen molar-refractivity contribution >= 4 is 17.3 Å². The molecule has 2 aliphatic heterocycles. The lowest BCUT2D eigenvalue weighted by molar-refractivity contribution is 0.0697. The number of rotatable bonds is 2. The molecule has 2 saturated heterocycles. The number of piperazine rings is 1. The molecule has 3 N–H and O–H groups in total. The molecule has 0 amide bonds. The van der Waals surface area contributed by atoms with Crippen LogP contribution in [0.1, 0.15) is 29.6 Å². The number of carboxylic acids is 1. The van der Waals surface area contributed by atoms with Gasteiger partial charge in [-0.05, 0) is 37.6 Å². The van der Waals surface area contributed by atoms with Crippen LogP contribution >= 0.6 is 0 Å². The van der Waals surface area contributed by atoms with Crippen molar-refractivity contribution in [2.75, 3.05) is 36.8 Å². The predicted octanol–water partition coefficient (Wildman–Crippen LogP) is 1.64.